The van der Waals surface area contributed by atoms with E-state index in [1.54, 1.807) is 12.1 Å². The highest BCUT2D eigenvalue weighted by molar-refractivity contribution is 5.78. The molecular formula is C20H26FN3O. The van der Waals surface area contributed by atoms with Crippen LogP contribution in [0.5, 0.6) is 0 Å². The molecule has 1 aromatic carbocycles. The predicted octanol–water partition coefficient (Wildman–Crippen LogP) is 3.63. The summed E-state index contributed by atoms with van der Waals surface area (Å²) < 4.78 is 15.2. The van der Waals surface area contributed by atoms with Gasteiger partial charge in [-0.2, -0.15) is 0 Å². The van der Waals surface area contributed by atoms with Crippen molar-refractivity contribution in [2.45, 2.75) is 45.6 Å². The summed E-state index contributed by atoms with van der Waals surface area (Å²) in [4.78, 5) is 18.8. The maximum atomic E-state index is 13.0. The van der Waals surface area contributed by atoms with Crippen LogP contribution < -0.4 is 0 Å². The molecule has 4 nitrogen and oxygen atoms in total. The molecule has 0 N–H and O–H groups in total. The number of carbonyl (C=O) groups is 1. The number of benzene rings is 1. The van der Waals surface area contributed by atoms with Crippen molar-refractivity contribution in [1.82, 2.24) is 14.5 Å². The minimum absolute atomic E-state index is 0.135. The Labute approximate surface area is 148 Å². The van der Waals surface area contributed by atoms with Crippen LogP contribution in [0.2, 0.25) is 0 Å². The first-order chi connectivity index (χ1) is 12.0. The van der Waals surface area contributed by atoms with E-state index in [0.29, 0.717) is 18.3 Å². The number of nitrogens with zero attached hydrogens (tertiary/aromatic N) is 3. The van der Waals surface area contributed by atoms with Crippen LogP contribution in [-0.4, -0.2) is 33.4 Å². The quantitative estimate of drug-likeness (QED) is 0.831. The van der Waals surface area contributed by atoms with E-state index < -0.39 is 0 Å². The van der Waals surface area contributed by atoms with Gasteiger partial charge < -0.3 is 9.47 Å². The largest absolute Gasteiger partial charge is 0.342 e. The second-order valence-corrected chi connectivity index (χ2v) is 7.22. The Morgan fingerprint density at radius 2 is 1.92 bits per heavy atom. The zero-order chi connectivity index (χ0) is 17.8. The van der Waals surface area contributed by atoms with Crippen LogP contribution in [0.15, 0.2) is 36.7 Å². The zero-order valence-electron chi connectivity index (χ0n) is 15.0. The summed E-state index contributed by atoms with van der Waals surface area (Å²) in [5.41, 5.74) is 0.869. The number of piperidine rings is 1. The fraction of sp³-hybridized carbons (Fsp3) is 0.500. The van der Waals surface area contributed by atoms with Gasteiger partial charge in [0.25, 0.3) is 0 Å². The highest BCUT2D eigenvalue weighted by Gasteiger charge is 2.23. The fourth-order valence-corrected chi connectivity index (χ4v) is 3.51. The number of hydrogen-bond donors (Lipinski definition) is 0. The summed E-state index contributed by atoms with van der Waals surface area (Å²) in [5, 5.41) is 0. The first-order valence-electron chi connectivity index (χ1n) is 9.06. The van der Waals surface area contributed by atoms with Gasteiger partial charge in [-0.25, -0.2) is 9.37 Å². The Hall–Kier alpha value is -2.17. The van der Waals surface area contributed by atoms with Gasteiger partial charge in [-0.15, -0.1) is 0 Å². The van der Waals surface area contributed by atoms with Gasteiger partial charge in [0.2, 0.25) is 5.91 Å². The molecule has 0 radical (unpaired) electrons. The lowest BCUT2D eigenvalue weighted by Gasteiger charge is -2.32. The van der Waals surface area contributed by atoms with Crippen LogP contribution in [-0.2, 0) is 17.8 Å². The van der Waals surface area contributed by atoms with Gasteiger partial charge in [0.05, 0.1) is 6.42 Å². The van der Waals surface area contributed by atoms with E-state index in [4.69, 9.17) is 0 Å². The van der Waals surface area contributed by atoms with Gasteiger partial charge in [-0.05, 0) is 36.5 Å². The summed E-state index contributed by atoms with van der Waals surface area (Å²) in [7, 11) is 0. The number of likely N-dealkylation sites (tertiary alicyclic amines) is 1. The monoisotopic (exact) mass is 343 g/mol. The molecule has 5 heteroatoms. The molecule has 0 aliphatic carbocycles. The highest BCUT2D eigenvalue weighted by atomic mass is 19.1. The smallest absolute Gasteiger partial charge is 0.226 e. The molecule has 0 unspecified atom stereocenters. The fourth-order valence-electron chi connectivity index (χ4n) is 3.51. The lowest BCUT2D eigenvalue weighted by Crippen LogP contribution is -2.40. The maximum absolute atomic E-state index is 13.0. The van der Waals surface area contributed by atoms with E-state index in [2.05, 4.69) is 29.6 Å². The molecule has 1 aromatic heterocycles. The second kappa shape index (κ2) is 7.81. The van der Waals surface area contributed by atoms with Crippen LogP contribution >= 0.6 is 0 Å². The molecule has 134 valence electrons. The number of rotatable bonds is 5. The summed E-state index contributed by atoms with van der Waals surface area (Å²) in [6.07, 6.45) is 6.32. The molecule has 0 bridgehead atoms. The van der Waals surface area contributed by atoms with Crippen molar-refractivity contribution in [3.63, 3.8) is 0 Å². The number of halogens is 1. The first kappa shape index (κ1) is 17.6. The van der Waals surface area contributed by atoms with Crippen molar-refractivity contribution in [3.8, 4) is 0 Å². The molecule has 0 saturated carbocycles. The zero-order valence-corrected chi connectivity index (χ0v) is 15.0. The average Bonchev–Trinajstić information content (AvgIpc) is 3.06. The van der Waals surface area contributed by atoms with Gasteiger partial charge in [-0.3, -0.25) is 4.79 Å². The molecule has 1 saturated heterocycles. The Balaban J connectivity index is 1.50. The molecule has 25 heavy (non-hydrogen) atoms. The van der Waals surface area contributed by atoms with Crippen LogP contribution in [0.4, 0.5) is 4.39 Å². The normalized spacial score (nSPS) is 15.8. The Bertz CT molecular complexity index is 700. The third-order valence-electron chi connectivity index (χ3n) is 4.95. The van der Waals surface area contributed by atoms with Crippen molar-refractivity contribution in [2.75, 3.05) is 13.1 Å². The van der Waals surface area contributed by atoms with Crippen molar-refractivity contribution in [1.29, 1.82) is 0 Å². The maximum Gasteiger partial charge on any atom is 0.226 e. The van der Waals surface area contributed by atoms with Crippen molar-refractivity contribution < 1.29 is 9.18 Å². The minimum atomic E-state index is -0.266. The summed E-state index contributed by atoms with van der Waals surface area (Å²) in [6.45, 7) is 6.91. The Morgan fingerprint density at radius 3 is 2.56 bits per heavy atom. The number of imidazole rings is 1. The van der Waals surface area contributed by atoms with Gasteiger partial charge >= 0.3 is 0 Å². The lowest BCUT2D eigenvalue weighted by molar-refractivity contribution is -0.131. The molecular weight excluding hydrogens is 317 g/mol. The van der Waals surface area contributed by atoms with Crippen molar-refractivity contribution in [2.24, 2.45) is 5.92 Å². The van der Waals surface area contributed by atoms with E-state index in [1.807, 2.05) is 11.1 Å². The predicted molar refractivity (Wildman–Crippen MR) is 95.7 cm³/mol. The molecule has 2 aromatic rings. The third kappa shape index (κ3) is 4.47. The van der Waals surface area contributed by atoms with Gasteiger partial charge in [0, 0.05) is 37.9 Å². The van der Waals surface area contributed by atoms with Gasteiger partial charge in [0.15, 0.2) is 0 Å². The molecule has 2 heterocycles. The topological polar surface area (TPSA) is 38.1 Å². The van der Waals surface area contributed by atoms with Crippen LogP contribution in [0.1, 0.15) is 44.0 Å². The highest BCUT2D eigenvalue weighted by Crippen LogP contribution is 2.22. The molecule has 1 amide bonds. The summed E-state index contributed by atoms with van der Waals surface area (Å²) in [5.74, 6) is 2.01. The van der Waals surface area contributed by atoms with E-state index in [1.165, 1.54) is 12.1 Å². The molecule has 1 aliphatic heterocycles. The van der Waals surface area contributed by atoms with E-state index in [9.17, 15) is 9.18 Å². The first-order valence-corrected chi connectivity index (χ1v) is 9.06. The van der Waals surface area contributed by atoms with Crippen molar-refractivity contribution >= 4 is 5.91 Å². The second-order valence-electron chi connectivity index (χ2n) is 7.22. The molecule has 0 atom stereocenters. The average molecular weight is 343 g/mol. The molecule has 1 aliphatic rings. The number of carbonyl (C=O) groups excluding carboxylic acids is 1. The summed E-state index contributed by atoms with van der Waals surface area (Å²) >= 11 is 0. The Kier molecular flexibility index (Phi) is 5.51. The Morgan fingerprint density at radius 1 is 1.24 bits per heavy atom. The SMILES string of the molecule is CC(C)c1nccn1CC1CCN(C(=O)Cc2ccc(F)cc2)CC1. The van der Waals surface area contributed by atoms with Crippen LogP contribution in [0.25, 0.3) is 0 Å². The molecule has 0 spiro atoms. The van der Waals surface area contributed by atoms with E-state index in [0.717, 1.165) is 43.9 Å². The standard InChI is InChI=1S/C20H26FN3O/c1-15(2)20-22-9-12-24(20)14-17-7-10-23(11-8-17)19(25)13-16-3-5-18(21)6-4-16/h3-6,9,12,15,17H,7-8,10-11,13-14H2,1-2H3. The third-order valence-corrected chi connectivity index (χ3v) is 4.95. The molecule has 3 rings (SSSR count). The molecule has 1 fully saturated rings. The number of amides is 1. The van der Waals surface area contributed by atoms with Crippen LogP contribution in [0.3, 0.4) is 0 Å². The van der Waals surface area contributed by atoms with Crippen LogP contribution in [0, 0.1) is 11.7 Å². The minimum Gasteiger partial charge on any atom is -0.342 e. The number of aromatic nitrogens is 2. The van der Waals surface area contributed by atoms with Crippen molar-refractivity contribution in [3.05, 3.63) is 53.9 Å². The van der Waals surface area contributed by atoms with E-state index >= 15 is 0 Å². The lowest BCUT2D eigenvalue weighted by atomic mass is 9.96. The summed E-state index contributed by atoms with van der Waals surface area (Å²) in [6, 6.07) is 6.19. The van der Waals surface area contributed by atoms with Gasteiger partial charge in [-0.1, -0.05) is 26.0 Å². The van der Waals surface area contributed by atoms with E-state index in [-0.39, 0.29) is 11.7 Å². The van der Waals surface area contributed by atoms with Gasteiger partial charge in [0.1, 0.15) is 11.6 Å². The number of hydrogen-bond acceptors (Lipinski definition) is 2.